The number of halogens is 1. The SMILES string of the molecule is Nc1cc(C(=O)NCC2CCN(C(=O)Oc3ccccc3)CC2)cc(Cl)n1. The monoisotopic (exact) mass is 388 g/mol. The van der Waals surface area contributed by atoms with Gasteiger partial charge in [0.2, 0.25) is 0 Å². The normalized spacial score (nSPS) is 14.6. The molecule has 3 N–H and O–H groups in total. The van der Waals surface area contributed by atoms with Gasteiger partial charge in [-0.25, -0.2) is 9.78 Å². The number of nitrogens with zero attached hydrogens (tertiary/aromatic N) is 2. The number of nitrogen functional groups attached to an aromatic ring is 1. The molecule has 1 saturated heterocycles. The molecule has 0 bridgehead atoms. The summed E-state index contributed by atoms with van der Waals surface area (Å²) in [7, 11) is 0. The topological polar surface area (TPSA) is 97.6 Å². The fourth-order valence-corrected chi connectivity index (χ4v) is 3.18. The van der Waals surface area contributed by atoms with Gasteiger partial charge in [0.1, 0.15) is 16.7 Å². The van der Waals surface area contributed by atoms with Crippen LogP contribution in [0.2, 0.25) is 5.15 Å². The predicted molar refractivity (Wildman–Crippen MR) is 103 cm³/mol. The maximum Gasteiger partial charge on any atom is 0.415 e. The van der Waals surface area contributed by atoms with Gasteiger partial charge >= 0.3 is 6.09 Å². The van der Waals surface area contributed by atoms with Crippen LogP contribution in [0.5, 0.6) is 5.75 Å². The lowest BCUT2D eigenvalue weighted by Gasteiger charge is -2.31. The highest BCUT2D eigenvalue weighted by Gasteiger charge is 2.24. The molecule has 0 radical (unpaired) electrons. The molecular formula is C19H21ClN4O3. The average Bonchev–Trinajstić information content (AvgIpc) is 2.66. The Kier molecular flexibility index (Phi) is 6.13. The predicted octanol–water partition coefficient (Wildman–Crippen LogP) is 2.96. The van der Waals surface area contributed by atoms with E-state index in [1.54, 1.807) is 17.0 Å². The van der Waals surface area contributed by atoms with Crippen LogP contribution in [0.4, 0.5) is 10.6 Å². The summed E-state index contributed by atoms with van der Waals surface area (Å²) in [4.78, 5) is 29.9. The van der Waals surface area contributed by atoms with E-state index in [1.807, 2.05) is 18.2 Å². The van der Waals surface area contributed by atoms with Crippen LogP contribution in [-0.2, 0) is 0 Å². The molecule has 0 unspecified atom stereocenters. The van der Waals surface area contributed by atoms with Crippen molar-refractivity contribution in [2.24, 2.45) is 5.92 Å². The first-order chi connectivity index (χ1) is 13.0. The van der Waals surface area contributed by atoms with Gasteiger partial charge < -0.3 is 20.7 Å². The number of piperidine rings is 1. The molecule has 1 aliphatic heterocycles. The van der Waals surface area contributed by atoms with Crippen LogP contribution in [0.15, 0.2) is 42.5 Å². The summed E-state index contributed by atoms with van der Waals surface area (Å²) in [6.07, 6.45) is 1.25. The van der Waals surface area contributed by atoms with Gasteiger partial charge in [-0.05, 0) is 43.0 Å². The van der Waals surface area contributed by atoms with Gasteiger partial charge in [-0.1, -0.05) is 29.8 Å². The molecule has 0 atom stereocenters. The van der Waals surface area contributed by atoms with Crippen molar-refractivity contribution in [1.29, 1.82) is 0 Å². The van der Waals surface area contributed by atoms with E-state index < -0.39 is 0 Å². The Morgan fingerprint density at radius 3 is 2.59 bits per heavy atom. The number of anilines is 1. The Morgan fingerprint density at radius 2 is 1.93 bits per heavy atom. The molecule has 142 valence electrons. The molecule has 7 nitrogen and oxygen atoms in total. The van der Waals surface area contributed by atoms with Crippen LogP contribution < -0.4 is 15.8 Å². The third kappa shape index (κ3) is 5.34. The maximum absolute atomic E-state index is 12.2. The molecular weight excluding hydrogens is 368 g/mol. The molecule has 0 spiro atoms. The van der Waals surface area contributed by atoms with Gasteiger partial charge in [0.05, 0.1) is 0 Å². The van der Waals surface area contributed by atoms with Crippen molar-refractivity contribution in [2.75, 3.05) is 25.4 Å². The minimum absolute atomic E-state index is 0.186. The summed E-state index contributed by atoms with van der Waals surface area (Å²) in [5.74, 6) is 0.798. The first kappa shape index (κ1) is 19.0. The first-order valence-corrected chi connectivity index (χ1v) is 9.12. The van der Waals surface area contributed by atoms with E-state index in [2.05, 4.69) is 10.3 Å². The maximum atomic E-state index is 12.2. The zero-order valence-corrected chi connectivity index (χ0v) is 15.5. The van der Waals surface area contributed by atoms with Crippen molar-refractivity contribution >= 4 is 29.4 Å². The highest BCUT2D eigenvalue weighted by Crippen LogP contribution is 2.19. The van der Waals surface area contributed by atoms with Crippen LogP contribution in [-0.4, -0.2) is 41.5 Å². The number of para-hydroxylation sites is 1. The standard InChI is InChI=1S/C19H21ClN4O3/c20-16-10-14(11-17(21)23-16)18(25)22-12-13-6-8-24(9-7-13)19(26)27-15-4-2-1-3-5-15/h1-5,10-11,13H,6-9,12H2,(H2,21,23)(H,22,25). The molecule has 8 heteroatoms. The van der Waals surface area contributed by atoms with Crippen LogP contribution in [0.25, 0.3) is 0 Å². The fraction of sp³-hybridized carbons (Fsp3) is 0.316. The van der Waals surface area contributed by atoms with Crippen LogP contribution in [0.1, 0.15) is 23.2 Å². The lowest BCUT2D eigenvalue weighted by Crippen LogP contribution is -2.42. The Labute approximate surface area is 162 Å². The second-order valence-electron chi connectivity index (χ2n) is 6.42. The van der Waals surface area contributed by atoms with Gasteiger partial charge in [0.25, 0.3) is 5.91 Å². The summed E-state index contributed by atoms with van der Waals surface area (Å²) < 4.78 is 5.35. The Morgan fingerprint density at radius 1 is 1.22 bits per heavy atom. The van der Waals surface area contributed by atoms with Gasteiger partial charge in [0.15, 0.2) is 0 Å². The van der Waals surface area contributed by atoms with Gasteiger partial charge in [-0.3, -0.25) is 4.79 Å². The van der Waals surface area contributed by atoms with Crippen molar-refractivity contribution in [3.63, 3.8) is 0 Å². The smallest absolute Gasteiger partial charge is 0.410 e. The number of ether oxygens (including phenoxy) is 1. The number of carbonyl (C=O) groups excluding carboxylic acids is 2. The van der Waals surface area contributed by atoms with Crippen molar-refractivity contribution < 1.29 is 14.3 Å². The van der Waals surface area contributed by atoms with Gasteiger partial charge in [-0.2, -0.15) is 0 Å². The number of hydrogen-bond donors (Lipinski definition) is 2. The second kappa shape index (κ2) is 8.73. The number of amides is 2. The van der Waals surface area contributed by atoms with Crippen molar-refractivity contribution in [3.05, 3.63) is 53.2 Å². The molecule has 27 heavy (non-hydrogen) atoms. The summed E-state index contributed by atoms with van der Waals surface area (Å²) in [6, 6.07) is 12.0. The van der Waals surface area contributed by atoms with Crippen LogP contribution in [0, 0.1) is 5.92 Å². The minimum Gasteiger partial charge on any atom is -0.410 e. The number of likely N-dealkylation sites (tertiary alicyclic amines) is 1. The molecule has 0 saturated carbocycles. The molecule has 0 aliphatic carbocycles. The van der Waals surface area contributed by atoms with Gasteiger partial charge in [-0.15, -0.1) is 0 Å². The Balaban J connectivity index is 1.44. The first-order valence-electron chi connectivity index (χ1n) is 8.74. The molecule has 1 fully saturated rings. The Bertz CT molecular complexity index is 788. The molecule has 1 aromatic heterocycles. The molecule has 2 aromatic rings. The highest BCUT2D eigenvalue weighted by atomic mass is 35.5. The summed E-state index contributed by atoms with van der Waals surface area (Å²) in [6.45, 7) is 1.72. The third-order valence-corrected chi connectivity index (χ3v) is 4.64. The number of hydrogen-bond acceptors (Lipinski definition) is 5. The van der Waals surface area contributed by atoms with E-state index in [0.717, 1.165) is 12.8 Å². The number of rotatable bonds is 4. The number of carbonyl (C=O) groups is 2. The van der Waals surface area contributed by atoms with Crippen molar-refractivity contribution in [1.82, 2.24) is 15.2 Å². The summed E-state index contributed by atoms with van der Waals surface area (Å²) in [5, 5.41) is 3.08. The van der Waals surface area contributed by atoms with Gasteiger partial charge in [0, 0.05) is 25.2 Å². The van der Waals surface area contributed by atoms with Crippen molar-refractivity contribution in [3.8, 4) is 5.75 Å². The summed E-state index contributed by atoms with van der Waals surface area (Å²) in [5.41, 5.74) is 6.00. The van der Waals surface area contributed by atoms with E-state index in [-0.39, 0.29) is 23.0 Å². The van der Waals surface area contributed by atoms with E-state index in [1.165, 1.54) is 12.1 Å². The lowest BCUT2D eigenvalue weighted by molar-refractivity contribution is 0.0931. The van der Waals surface area contributed by atoms with E-state index in [0.29, 0.717) is 36.9 Å². The highest BCUT2D eigenvalue weighted by molar-refractivity contribution is 6.29. The number of pyridine rings is 1. The zero-order chi connectivity index (χ0) is 19.2. The largest absolute Gasteiger partial charge is 0.415 e. The molecule has 1 aromatic carbocycles. The molecule has 2 amide bonds. The van der Waals surface area contributed by atoms with E-state index >= 15 is 0 Å². The Hall–Kier alpha value is -2.80. The molecule has 2 heterocycles. The number of nitrogens with one attached hydrogen (secondary N) is 1. The zero-order valence-electron chi connectivity index (χ0n) is 14.7. The molecule has 1 aliphatic rings. The lowest BCUT2D eigenvalue weighted by atomic mass is 9.97. The third-order valence-electron chi connectivity index (χ3n) is 4.45. The van der Waals surface area contributed by atoms with Crippen LogP contribution >= 0.6 is 11.6 Å². The molecule has 3 rings (SSSR count). The van der Waals surface area contributed by atoms with E-state index in [9.17, 15) is 9.59 Å². The van der Waals surface area contributed by atoms with E-state index in [4.69, 9.17) is 22.1 Å². The second-order valence-corrected chi connectivity index (χ2v) is 6.81. The quantitative estimate of drug-likeness (QED) is 0.785. The van der Waals surface area contributed by atoms with Crippen molar-refractivity contribution in [2.45, 2.75) is 12.8 Å². The number of nitrogens with two attached hydrogens (primary N) is 1. The average molecular weight is 389 g/mol. The van der Waals surface area contributed by atoms with Crippen LogP contribution in [0.3, 0.4) is 0 Å². The number of benzene rings is 1. The fourth-order valence-electron chi connectivity index (χ4n) is 2.96. The number of aromatic nitrogens is 1. The minimum atomic E-state index is -0.342. The summed E-state index contributed by atoms with van der Waals surface area (Å²) >= 11 is 5.83.